The van der Waals surface area contributed by atoms with Crippen LogP contribution in [-0.4, -0.2) is 80.2 Å². The maximum absolute atomic E-state index is 13.7. The highest BCUT2D eigenvalue weighted by molar-refractivity contribution is 7.89. The Bertz CT molecular complexity index is 1180. The predicted molar refractivity (Wildman–Crippen MR) is 150 cm³/mol. The van der Waals surface area contributed by atoms with Gasteiger partial charge in [-0.25, -0.2) is 8.42 Å². The van der Waals surface area contributed by atoms with Crippen LogP contribution < -0.4 is 4.74 Å². The Morgan fingerprint density at radius 1 is 1.15 bits per heavy atom. The summed E-state index contributed by atoms with van der Waals surface area (Å²) in [5, 5.41) is 11.3. The smallest absolute Gasteiger partial charge is 0.252 e. The summed E-state index contributed by atoms with van der Waals surface area (Å²) >= 11 is 0. The lowest BCUT2D eigenvalue weighted by Gasteiger charge is -2.40. The second-order valence-electron chi connectivity index (χ2n) is 10.5. The number of aliphatic hydroxyl groups excluding tert-OH is 1. The van der Waals surface area contributed by atoms with Crippen molar-refractivity contribution in [2.75, 3.05) is 33.4 Å². The Morgan fingerprint density at radius 2 is 1.85 bits per heavy atom. The maximum atomic E-state index is 13.7. The van der Waals surface area contributed by atoms with Crippen LogP contribution in [0.3, 0.4) is 0 Å². The minimum atomic E-state index is -3.87. The SMILES string of the molecule is C=CC[C@H]1OC[C@H](Cc2ccccc2)N(C[C@H](O)CN(CC2CCCC2)S(=O)(=O)c2ccc(OC)cc2)C1=O. The number of hydrogen-bond acceptors (Lipinski definition) is 6. The molecule has 8 nitrogen and oxygen atoms in total. The molecule has 0 aromatic heterocycles. The summed E-state index contributed by atoms with van der Waals surface area (Å²) in [6.07, 6.45) is 4.99. The summed E-state index contributed by atoms with van der Waals surface area (Å²) < 4.78 is 39.9. The van der Waals surface area contributed by atoms with Crippen LogP contribution in [0.5, 0.6) is 5.75 Å². The molecule has 9 heteroatoms. The largest absolute Gasteiger partial charge is 0.497 e. The van der Waals surface area contributed by atoms with Crippen molar-refractivity contribution in [1.29, 1.82) is 0 Å². The van der Waals surface area contributed by atoms with E-state index in [1.54, 1.807) is 23.1 Å². The predicted octanol–water partition coefficient (Wildman–Crippen LogP) is 3.65. The molecule has 39 heavy (non-hydrogen) atoms. The molecule has 1 heterocycles. The number of rotatable bonds is 13. The van der Waals surface area contributed by atoms with Gasteiger partial charge in [-0.3, -0.25) is 4.79 Å². The van der Waals surface area contributed by atoms with Crippen molar-refractivity contribution in [2.45, 2.75) is 61.7 Å². The topological polar surface area (TPSA) is 96.4 Å². The first kappa shape index (κ1) is 29.3. The molecule has 0 unspecified atom stereocenters. The normalized spacial score (nSPS) is 21.3. The van der Waals surface area contributed by atoms with E-state index >= 15 is 0 Å². The minimum absolute atomic E-state index is 0.0205. The van der Waals surface area contributed by atoms with Crippen LogP contribution in [0.15, 0.2) is 72.1 Å². The molecule has 212 valence electrons. The van der Waals surface area contributed by atoms with E-state index in [-0.39, 0.29) is 35.9 Å². The number of nitrogens with zero attached hydrogens (tertiary/aromatic N) is 2. The van der Waals surface area contributed by atoms with Crippen LogP contribution in [0.1, 0.15) is 37.7 Å². The first-order valence-corrected chi connectivity index (χ1v) is 15.1. The van der Waals surface area contributed by atoms with E-state index in [0.29, 0.717) is 31.7 Å². The zero-order chi connectivity index (χ0) is 27.8. The first-order valence-electron chi connectivity index (χ1n) is 13.7. The molecule has 2 aromatic carbocycles. The van der Waals surface area contributed by atoms with Crippen LogP contribution in [0, 0.1) is 5.92 Å². The standard InChI is InChI=1S/C30H40N2O6S/c1-3-9-29-30(34)32(25(22-38-29)18-23-10-5-4-6-11-23)21-26(33)20-31(19-24-12-7-8-13-24)39(35,36)28-16-14-27(37-2)15-17-28/h3-6,10-11,14-17,24-26,29,33H,1,7-9,12-13,18-22H2,2H3/t25-,26+,29+/m0/s1. The van der Waals surface area contributed by atoms with Crippen molar-refractivity contribution >= 4 is 15.9 Å². The van der Waals surface area contributed by atoms with Gasteiger partial charge >= 0.3 is 0 Å². The van der Waals surface area contributed by atoms with Crippen molar-refractivity contribution in [3.8, 4) is 5.75 Å². The molecule has 0 radical (unpaired) electrons. The molecule has 0 bridgehead atoms. The van der Waals surface area contributed by atoms with Gasteiger partial charge in [0.1, 0.15) is 11.9 Å². The number of benzene rings is 2. The van der Waals surface area contributed by atoms with Crippen molar-refractivity contribution in [1.82, 2.24) is 9.21 Å². The fourth-order valence-electron chi connectivity index (χ4n) is 5.54. The average Bonchev–Trinajstić information content (AvgIpc) is 3.46. The van der Waals surface area contributed by atoms with Gasteiger partial charge in [-0.1, -0.05) is 49.2 Å². The number of amides is 1. The Hall–Kier alpha value is -2.72. The number of carbonyl (C=O) groups excluding carboxylic acids is 1. The molecule has 1 N–H and O–H groups in total. The molecule has 1 aliphatic carbocycles. The van der Waals surface area contributed by atoms with E-state index in [0.717, 1.165) is 31.2 Å². The lowest BCUT2D eigenvalue weighted by atomic mass is 10.0. The van der Waals surface area contributed by atoms with E-state index in [1.165, 1.54) is 23.5 Å². The van der Waals surface area contributed by atoms with E-state index in [2.05, 4.69) is 6.58 Å². The zero-order valence-electron chi connectivity index (χ0n) is 22.7. The number of hydrogen-bond donors (Lipinski definition) is 1. The van der Waals surface area contributed by atoms with Crippen LogP contribution in [0.4, 0.5) is 0 Å². The van der Waals surface area contributed by atoms with Crippen molar-refractivity contribution < 1.29 is 27.8 Å². The molecule has 2 fully saturated rings. The molecule has 1 amide bonds. The number of aliphatic hydroxyl groups is 1. The number of carbonyl (C=O) groups is 1. The van der Waals surface area contributed by atoms with E-state index < -0.39 is 22.2 Å². The summed E-state index contributed by atoms with van der Waals surface area (Å²) in [5.74, 6) is 0.611. The fraction of sp³-hybridized carbons (Fsp3) is 0.500. The number of methoxy groups -OCH3 is 1. The fourth-order valence-corrected chi connectivity index (χ4v) is 7.09. The number of sulfonamides is 1. The molecule has 3 atom stereocenters. The van der Waals surface area contributed by atoms with E-state index in [1.807, 2.05) is 30.3 Å². The molecule has 2 aromatic rings. The van der Waals surface area contributed by atoms with Gasteiger partial charge in [0.15, 0.2) is 0 Å². The number of β-amino-alcohol motifs (C(OH)–C–C–N with tert-alkyl or cyclic N) is 1. The van der Waals surface area contributed by atoms with Gasteiger partial charge in [0.05, 0.1) is 30.8 Å². The third-order valence-electron chi connectivity index (χ3n) is 7.64. The van der Waals surface area contributed by atoms with Crippen LogP contribution in [-0.2, 0) is 26.0 Å². The zero-order valence-corrected chi connectivity index (χ0v) is 23.5. The average molecular weight is 557 g/mol. The number of ether oxygens (including phenoxy) is 2. The minimum Gasteiger partial charge on any atom is -0.497 e. The molecule has 1 saturated carbocycles. The van der Waals surface area contributed by atoms with E-state index in [9.17, 15) is 18.3 Å². The molecule has 0 spiro atoms. The second-order valence-corrected chi connectivity index (χ2v) is 12.4. The molecular weight excluding hydrogens is 516 g/mol. The van der Waals surface area contributed by atoms with Gasteiger partial charge in [0, 0.05) is 26.1 Å². The Labute approximate surface area is 232 Å². The summed E-state index contributed by atoms with van der Waals surface area (Å²) in [7, 11) is -2.34. The highest BCUT2D eigenvalue weighted by Gasteiger charge is 2.38. The monoisotopic (exact) mass is 556 g/mol. The molecular formula is C30H40N2O6S. The Kier molecular flexibility index (Phi) is 10.2. The quantitative estimate of drug-likeness (QED) is 0.379. The number of morpholine rings is 1. The van der Waals surface area contributed by atoms with Crippen LogP contribution in [0.25, 0.3) is 0 Å². The Balaban J connectivity index is 1.53. The first-order chi connectivity index (χ1) is 18.8. The van der Waals surface area contributed by atoms with Gasteiger partial charge in [0.2, 0.25) is 10.0 Å². The highest BCUT2D eigenvalue weighted by atomic mass is 32.2. The molecule has 4 rings (SSSR count). The second kappa shape index (κ2) is 13.6. The summed E-state index contributed by atoms with van der Waals surface area (Å²) in [5.41, 5.74) is 1.06. The Morgan fingerprint density at radius 3 is 2.49 bits per heavy atom. The lowest BCUT2D eigenvalue weighted by molar-refractivity contribution is -0.161. The molecule has 1 aliphatic heterocycles. The van der Waals surface area contributed by atoms with Crippen molar-refractivity contribution in [2.24, 2.45) is 5.92 Å². The highest BCUT2D eigenvalue weighted by Crippen LogP contribution is 2.29. The summed E-state index contributed by atoms with van der Waals surface area (Å²) in [4.78, 5) is 15.2. The molecule has 2 aliphatic rings. The van der Waals surface area contributed by atoms with E-state index in [4.69, 9.17) is 9.47 Å². The maximum Gasteiger partial charge on any atom is 0.252 e. The summed E-state index contributed by atoms with van der Waals surface area (Å²) in [6, 6.07) is 15.9. The van der Waals surface area contributed by atoms with Gasteiger partial charge in [0.25, 0.3) is 5.91 Å². The lowest BCUT2D eigenvalue weighted by Crippen LogP contribution is -2.57. The van der Waals surface area contributed by atoms with Crippen LogP contribution >= 0.6 is 0 Å². The molecule has 1 saturated heterocycles. The van der Waals surface area contributed by atoms with Gasteiger partial charge < -0.3 is 19.5 Å². The van der Waals surface area contributed by atoms with Crippen LogP contribution in [0.2, 0.25) is 0 Å². The van der Waals surface area contributed by atoms with Gasteiger partial charge in [-0.2, -0.15) is 4.31 Å². The third kappa shape index (κ3) is 7.48. The summed E-state index contributed by atoms with van der Waals surface area (Å²) in [6.45, 7) is 4.34. The van der Waals surface area contributed by atoms with Gasteiger partial charge in [-0.15, -0.1) is 6.58 Å². The van der Waals surface area contributed by atoms with Crippen molar-refractivity contribution in [3.63, 3.8) is 0 Å². The van der Waals surface area contributed by atoms with Crippen molar-refractivity contribution in [3.05, 3.63) is 72.8 Å². The third-order valence-corrected chi connectivity index (χ3v) is 9.49. The van der Waals surface area contributed by atoms with Gasteiger partial charge in [-0.05, 0) is 55.0 Å².